The molecule has 1 unspecified atom stereocenters. The fraction of sp³-hybridized carbons (Fsp3) is 0.455. The van der Waals surface area contributed by atoms with Crippen LogP contribution in [0, 0.1) is 10.1 Å². The predicted octanol–water partition coefficient (Wildman–Crippen LogP) is -0.595. The molecule has 0 aromatic carbocycles. The molecule has 0 spiro atoms. The molecular formula is C11H14N4O5. The Morgan fingerprint density at radius 3 is 3.10 bits per heavy atom. The average molecular weight is 282 g/mol. The Bertz CT molecular complexity index is 536. The van der Waals surface area contributed by atoms with Gasteiger partial charge in [-0.3, -0.25) is 14.9 Å². The van der Waals surface area contributed by atoms with E-state index in [9.17, 15) is 20.0 Å². The molecule has 1 saturated heterocycles. The quantitative estimate of drug-likeness (QED) is 0.559. The first-order chi connectivity index (χ1) is 9.54. The summed E-state index contributed by atoms with van der Waals surface area (Å²) in [6.45, 7) is 0.483. The third-order valence-electron chi connectivity index (χ3n) is 3.03. The Labute approximate surface area is 114 Å². The number of anilines is 1. The van der Waals surface area contributed by atoms with Crippen LogP contribution in [0.15, 0.2) is 12.3 Å². The molecule has 0 aliphatic carbocycles. The highest BCUT2D eigenvalue weighted by atomic mass is 16.6. The van der Waals surface area contributed by atoms with Gasteiger partial charge in [0.05, 0.1) is 30.8 Å². The molecule has 2 heterocycles. The number of hydrogen-bond acceptors (Lipinski definition) is 7. The minimum atomic E-state index is -0.686. The summed E-state index contributed by atoms with van der Waals surface area (Å²) >= 11 is 0. The van der Waals surface area contributed by atoms with Crippen molar-refractivity contribution in [3.05, 3.63) is 27.9 Å². The van der Waals surface area contributed by atoms with E-state index in [2.05, 4.69) is 4.98 Å². The molecule has 1 fully saturated rings. The van der Waals surface area contributed by atoms with Gasteiger partial charge in [-0.1, -0.05) is 0 Å². The number of carbonyl (C=O) groups is 1. The number of nitrogens with zero attached hydrogens (tertiary/aromatic N) is 3. The van der Waals surface area contributed by atoms with Gasteiger partial charge in [0.1, 0.15) is 17.6 Å². The second kappa shape index (κ2) is 5.80. The van der Waals surface area contributed by atoms with Crippen LogP contribution in [-0.2, 0) is 4.74 Å². The number of morpholine rings is 1. The van der Waals surface area contributed by atoms with E-state index in [-0.39, 0.29) is 31.1 Å². The number of pyridine rings is 1. The minimum absolute atomic E-state index is 0.0211. The molecule has 1 aromatic heterocycles. The molecule has 1 amide bonds. The third kappa shape index (κ3) is 2.68. The summed E-state index contributed by atoms with van der Waals surface area (Å²) in [5, 5.41) is 20.2. The van der Waals surface area contributed by atoms with Gasteiger partial charge < -0.3 is 20.5 Å². The molecule has 9 heteroatoms. The van der Waals surface area contributed by atoms with E-state index in [1.54, 1.807) is 0 Å². The van der Waals surface area contributed by atoms with Crippen molar-refractivity contribution in [2.24, 2.45) is 0 Å². The Hall–Kier alpha value is -2.26. The van der Waals surface area contributed by atoms with Crippen LogP contribution >= 0.6 is 0 Å². The van der Waals surface area contributed by atoms with Gasteiger partial charge in [-0.2, -0.15) is 0 Å². The van der Waals surface area contributed by atoms with Crippen molar-refractivity contribution in [1.82, 2.24) is 9.88 Å². The second-order valence-corrected chi connectivity index (χ2v) is 4.29. The summed E-state index contributed by atoms with van der Waals surface area (Å²) in [5.41, 5.74) is 4.94. The molecule has 1 atom stereocenters. The van der Waals surface area contributed by atoms with Gasteiger partial charge in [0.25, 0.3) is 11.6 Å². The molecule has 1 aliphatic heterocycles. The highest BCUT2D eigenvalue weighted by molar-refractivity contribution is 5.98. The Kier molecular flexibility index (Phi) is 4.11. The van der Waals surface area contributed by atoms with Crippen LogP contribution in [0.5, 0.6) is 0 Å². The van der Waals surface area contributed by atoms with E-state index in [0.717, 1.165) is 6.20 Å². The lowest BCUT2D eigenvalue weighted by molar-refractivity contribution is -0.385. The fourth-order valence-electron chi connectivity index (χ4n) is 2.01. The molecule has 2 rings (SSSR count). The summed E-state index contributed by atoms with van der Waals surface area (Å²) in [4.78, 5) is 27.7. The smallest absolute Gasteiger partial charge is 0.300 e. The molecule has 108 valence electrons. The molecule has 0 saturated carbocycles. The number of aliphatic hydroxyl groups excluding tert-OH is 1. The fourth-order valence-corrected chi connectivity index (χ4v) is 2.01. The van der Waals surface area contributed by atoms with Crippen LogP contribution in [0.3, 0.4) is 0 Å². The van der Waals surface area contributed by atoms with Crippen molar-refractivity contribution < 1.29 is 19.6 Å². The maximum Gasteiger partial charge on any atom is 0.300 e. The van der Waals surface area contributed by atoms with Crippen LogP contribution in [0.2, 0.25) is 0 Å². The van der Waals surface area contributed by atoms with Crippen LogP contribution < -0.4 is 5.73 Å². The van der Waals surface area contributed by atoms with Gasteiger partial charge in [0, 0.05) is 6.54 Å². The predicted molar refractivity (Wildman–Crippen MR) is 68.0 cm³/mol. The number of rotatable bonds is 3. The Morgan fingerprint density at radius 2 is 2.45 bits per heavy atom. The van der Waals surface area contributed by atoms with Crippen molar-refractivity contribution in [3.8, 4) is 0 Å². The average Bonchev–Trinajstić information content (AvgIpc) is 2.46. The number of nitro groups is 1. The van der Waals surface area contributed by atoms with Gasteiger partial charge in [-0.05, 0) is 6.07 Å². The minimum Gasteiger partial charge on any atom is -0.394 e. The van der Waals surface area contributed by atoms with Gasteiger partial charge >= 0.3 is 0 Å². The summed E-state index contributed by atoms with van der Waals surface area (Å²) in [7, 11) is 0. The largest absolute Gasteiger partial charge is 0.394 e. The van der Waals surface area contributed by atoms with Crippen molar-refractivity contribution in [2.45, 2.75) is 6.04 Å². The van der Waals surface area contributed by atoms with E-state index >= 15 is 0 Å². The van der Waals surface area contributed by atoms with E-state index in [4.69, 9.17) is 10.5 Å². The molecule has 1 aliphatic rings. The standard InChI is InChI=1S/C11H14N4O5/c12-10-3-8(9(4-13-10)15(18)19)11(17)14-1-2-20-6-7(14)5-16/h3-4,7,16H,1-2,5-6H2,(H2,12,13). The molecular weight excluding hydrogens is 268 g/mol. The van der Waals surface area contributed by atoms with E-state index < -0.39 is 22.6 Å². The van der Waals surface area contributed by atoms with Crippen LogP contribution in [0.4, 0.5) is 11.5 Å². The first-order valence-corrected chi connectivity index (χ1v) is 5.94. The van der Waals surface area contributed by atoms with E-state index in [1.807, 2.05) is 0 Å². The summed E-state index contributed by atoms with van der Waals surface area (Å²) in [6.07, 6.45) is 0.955. The zero-order chi connectivity index (χ0) is 14.7. The van der Waals surface area contributed by atoms with Crippen LogP contribution in [-0.4, -0.2) is 58.2 Å². The van der Waals surface area contributed by atoms with Gasteiger partial charge in [-0.15, -0.1) is 0 Å². The zero-order valence-electron chi connectivity index (χ0n) is 10.6. The van der Waals surface area contributed by atoms with Gasteiger partial charge in [-0.25, -0.2) is 4.98 Å². The van der Waals surface area contributed by atoms with Crippen molar-refractivity contribution in [2.75, 3.05) is 32.1 Å². The number of aliphatic hydroxyl groups is 1. The topological polar surface area (TPSA) is 132 Å². The lowest BCUT2D eigenvalue weighted by atomic mass is 10.1. The highest BCUT2D eigenvalue weighted by Crippen LogP contribution is 2.22. The van der Waals surface area contributed by atoms with Crippen molar-refractivity contribution >= 4 is 17.4 Å². The van der Waals surface area contributed by atoms with Crippen molar-refractivity contribution in [3.63, 3.8) is 0 Å². The maximum absolute atomic E-state index is 12.4. The highest BCUT2D eigenvalue weighted by Gasteiger charge is 2.31. The molecule has 9 nitrogen and oxygen atoms in total. The number of hydrogen-bond donors (Lipinski definition) is 2. The number of amides is 1. The number of ether oxygens (including phenoxy) is 1. The normalized spacial score (nSPS) is 18.9. The van der Waals surface area contributed by atoms with Gasteiger partial charge in [0.15, 0.2) is 0 Å². The van der Waals surface area contributed by atoms with Crippen LogP contribution in [0.1, 0.15) is 10.4 Å². The number of nitrogens with two attached hydrogens (primary N) is 1. The summed E-state index contributed by atoms with van der Waals surface area (Å²) in [5.74, 6) is -0.541. The number of nitrogen functional groups attached to an aromatic ring is 1. The molecule has 20 heavy (non-hydrogen) atoms. The first kappa shape index (κ1) is 14.2. The SMILES string of the molecule is Nc1cc(C(=O)N2CCOCC2CO)c([N+](=O)[O-])cn1. The lowest BCUT2D eigenvalue weighted by Crippen LogP contribution is -2.50. The second-order valence-electron chi connectivity index (χ2n) is 4.29. The Morgan fingerprint density at radius 1 is 1.70 bits per heavy atom. The van der Waals surface area contributed by atoms with E-state index in [0.29, 0.717) is 6.61 Å². The van der Waals surface area contributed by atoms with Crippen molar-refractivity contribution in [1.29, 1.82) is 0 Å². The molecule has 0 bridgehead atoms. The summed E-state index contributed by atoms with van der Waals surface area (Å²) < 4.78 is 5.17. The van der Waals surface area contributed by atoms with Gasteiger partial charge in [0.2, 0.25) is 0 Å². The zero-order valence-corrected chi connectivity index (χ0v) is 10.6. The third-order valence-corrected chi connectivity index (χ3v) is 3.03. The monoisotopic (exact) mass is 282 g/mol. The number of aromatic nitrogens is 1. The first-order valence-electron chi connectivity index (χ1n) is 5.94. The molecule has 1 aromatic rings. The van der Waals surface area contributed by atoms with Crippen LogP contribution in [0.25, 0.3) is 0 Å². The van der Waals surface area contributed by atoms with E-state index in [1.165, 1.54) is 11.0 Å². The maximum atomic E-state index is 12.4. The molecule has 3 N–H and O–H groups in total. The Balaban J connectivity index is 2.36. The number of carbonyl (C=O) groups excluding carboxylic acids is 1. The summed E-state index contributed by atoms with van der Waals surface area (Å²) in [6, 6.07) is 0.648. The molecule has 0 radical (unpaired) electrons. The lowest BCUT2D eigenvalue weighted by Gasteiger charge is -2.34.